The highest BCUT2D eigenvalue weighted by molar-refractivity contribution is 5.96. The molecule has 0 unspecified atom stereocenters. The van der Waals surface area contributed by atoms with Gasteiger partial charge in [0.1, 0.15) is 0 Å². The van der Waals surface area contributed by atoms with Crippen LogP contribution in [0.1, 0.15) is 34.6 Å². The molecule has 0 rings (SSSR count). The zero-order valence-corrected chi connectivity index (χ0v) is 9.01. The first kappa shape index (κ1) is 11.9. The Morgan fingerprint density at radius 1 is 1.23 bits per heavy atom. The largest absolute Gasteiger partial charge is 0.354 e. The van der Waals surface area contributed by atoms with Crippen molar-refractivity contribution >= 4 is 11.9 Å². The first-order valence-corrected chi connectivity index (χ1v) is 4.53. The number of carbonyl (C=O) groups is 1. The molecule has 0 aliphatic rings. The molecule has 13 heavy (non-hydrogen) atoms. The Hall–Kier alpha value is -1.06. The van der Waals surface area contributed by atoms with E-state index >= 15 is 0 Å². The molecule has 4 nitrogen and oxygen atoms in total. The van der Waals surface area contributed by atoms with Gasteiger partial charge in [-0.05, 0) is 27.7 Å². The number of carbonyl (C=O) groups excluding carboxylic acids is 1. The van der Waals surface area contributed by atoms with Crippen LogP contribution in [0.2, 0.25) is 0 Å². The Bertz CT molecular complexity index is 197. The van der Waals surface area contributed by atoms with E-state index in [0.29, 0.717) is 5.96 Å². The number of amides is 1. The van der Waals surface area contributed by atoms with Crippen molar-refractivity contribution in [2.24, 2.45) is 4.99 Å². The molecule has 0 aromatic heterocycles. The minimum Gasteiger partial charge on any atom is -0.354 e. The number of nitrogens with one attached hydrogen (secondary N) is 2. The quantitative estimate of drug-likeness (QED) is 0.496. The smallest absolute Gasteiger partial charge is 0.223 e. The van der Waals surface area contributed by atoms with Crippen molar-refractivity contribution in [2.75, 3.05) is 0 Å². The van der Waals surface area contributed by atoms with Crippen molar-refractivity contribution in [2.45, 2.75) is 46.7 Å². The van der Waals surface area contributed by atoms with Crippen molar-refractivity contribution < 1.29 is 4.79 Å². The predicted molar refractivity (Wildman–Crippen MR) is 54.7 cm³/mol. The second-order valence-corrected chi connectivity index (χ2v) is 3.55. The third-order valence-corrected chi connectivity index (χ3v) is 1.11. The van der Waals surface area contributed by atoms with Crippen LogP contribution in [0.4, 0.5) is 0 Å². The van der Waals surface area contributed by atoms with Crippen LogP contribution < -0.4 is 10.6 Å². The van der Waals surface area contributed by atoms with Crippen LogP contribution in [0.3, 0.4) is 0 Å². The number of hydrogen-bond donors (Lipinski definition) is 2. The molecule has 0 saturated carbocycles. The molecule has 0 fully saturated rings. The normalized spacial score (nSPS) is 12.1. The molecule has 0 aliphatic heterocycles. The van der Waals surface area contributed by atoms with Crippen LogP contribution >= 0.6 is 0 Å². The lowest BCUT2D eigenvalue weighted by Crippen LogP contribution is -2.43. The Labute approximate surface area is 79.8 Å². The highest BCUT2D eigenvalue weighted by Gasteiger charge is 2.03. The fourth-order valence-electron chi connectivity index (χ4n) is 0.804. The second-order valence-electron chi connectivity index (χ2n) is 3.55. The molecule has 0 spiro atoms. The number of rotatable bonds is 2. The van der Waals surface area contributed by atoms with Gasteiger partial charge in [-0.1, -0.05) is 0 Å². The summed E-state index contributed by atoms with van der Waals surface area (Å²) in [6, 6.07) is 0.442. The third-order valence-electron chi connectivity index (χ3n) is 1.11. The molecule has 0 atom stereocenters. The summed E-state index contributed by atoms with van der Waals surface area (Å²) in [5.41, 5.74) is 0. The van der Waals surface area contributed by atoms with E-state index in [4.69, 9.17) is 0 Å². The van der Waals surface area contributed by atoms with Gasteiger partial charge in [0.2, 0.25) is 5.91 Å². The lowest BCUT2D eigenvalue weighted by molar-refractivity contribution is -0.117. The van der Waals surface area contributed by atoms with Gasteiger partial charge in [-0.15, -0.1) is 0 Å². The van der Waals surface area contributed by atoms with Crippen molar-refractivity contribution in [3.8, 4) is 0 Å². The van der Waals surface area contributed by atoms with Gasteiger partial charge in [0.25, 0.3) is 0 Å². The fraction of sp³-hybridized carbons (Fsp3) is 0.778. The van der Waals surface area contributed by atoms with Gasteiger partial charge in [0.05, 0.1) is 0 Å². The molecule has 4 heteroatoms. The summed E-state index contributed by atoms with van der Waals surface area (Å²) in [5, 5.41) is 5.70. The third kappa shape index (κ3) is 7.31. The Balaban J connectivity index is 4.27. The summed E-state index contributed by atoms with van der Waals surface area (Å²) in [6.45, 7) is 9.39. The molecule has 76 valence electrons. The number of hydrogen-bond acceptors (Lipinski definition) is 2. The summed E-state index contributed by atoms with van der Waals surface area (Å²) in [4.78, 5) is 15.0. The van der Waals surface area contributed by atoms with Gasteiger partial charge in [-0.2, -0.15) is 0 Å². The fourth-order valence-corrected chi connectivity index (χ4v) is 0.804. The molecule has 0 bridgehead atoms. The first-order valence-electron chi connectivity index (χ1n) is 4.53. The lowest BCUT2D eigenvalue weighted by atomic mass is 10.4. The average Bonchev–Trinajstić information content (AvgIpc) is 1.80. The summed E-state index contributed by atoms with van der Waals surface area (Å²) in [5.74, 6) is 0.449. The zero-order valence-electron chi connectivity index (χ0n) is 9.01. The van der Waals surface area contributed by atoms with Gasteiger partial charge < -0.3 is 5.32 Å². The van der Waals surface area contributed by atoms with E-state index in [0.717, 1.165) is 0 Å². The van der Waals surface area contributed by atoms with Gasteiger partial charge in [-0.25, -0.2) is 0 Å². The molecule has 1 amide bonds. The van der Waals surface area contributed by atoms with E-state index < -0.39 is 0 Å². The minimum atomic E-state index is -0.104. The standard InChI is InChI=1S/C9H19N3O/c1-6(2)10-9(11-7(3)4)12-8(5)13/h6-7H,1-5H3,(H2,10,11,12,13). The van der Waals surface area contributed by atoms with E-state index in [1.807, 2.05) is 27.7 Å². The van der Waals surface area contributed by atoms with Crippen LogP contribution in [0, 0.1) is 0 Å². The maximum atomic E-state index is 10.8. The van der Waals surface area contributed by atoms with E-state index in [2.05, 4.69) is 15.6 Å². The highest BCUT2D eigenvalue weighted by atomic mass is 16.1. The SMILES string of the molecule is CC(=O)NC(=NC(C)C)NC(C)C. The zero-order chi connectivity index (χ0) is 10.4. The molecule has 0 radical (unpaired) electrons. The molecule has 0 heterocycles. The van der Waals surface area contributed by atoms with Crippen LogP contribution in [0.5, 0.6) is 0 Å². The summed E-state index contributed by atoms with van der Waals surface area (Å²) in [7, 11) is 0. The van der Waals surface area contributed by atoms with E-state index in [-0.39, 0.29) is 18.0 Å². The van der Waals surface area contributed by atoms with E-state index in [9.17, 15) is 4.79 Å². The van der Waals surface area contributed by atoms with Crippen LogP contribution in [-0.2, 0) is 4.79 Å². The minimum absolute atomic E-state index is 0.104. The molecule has 0 saturated heterocycles. The predicted octanol–water partition coefficient (Wildman–Crippen LogP) is 0.885. The molecule has 0 aliphatic carbocycles. The number of nitrogens with zero attached hydrogens (tertiary/aromatic N) is 1. The average molecular weight is 185 g/mol. The van der Waals surface area contributed by atoms with Crippen molar-refractivity contribution in [3.63, 3.8) is 0 Å². The van der Waals surface area contributed by atoms with Crippen LogP contribution in [0.25, 0.3) is 0 Å². The summed E-state index contributed by atoms with van der Waals surface area (Å²) < 4.78 is 0. The molecule has 2 N–H and O–H groups in total. The highest BCUT2D eigenvalue weighted by Crippen LogP contribution is 1.87. The molecule has 0 aromatic rings. The number of aliphatic imine (C=N–C) groups is 1. The maximum Gasteiger partial charge on any atom is 0.223 e. The van der Waals surface area contributed by atoms with Gasteiger partial charge in [-0.3, -0.25) is 15.1 Å². The van der Waals surface area contributed by atoms with E-state index in [1.165, 1.54) is 6.92 Å². The number of guanidine groups is 1. The van der Waals surface area contributed by atoms with Gasteiger partial charge in [0, 0.05) is 19.0 Å². The molecular weight excluding hydrogens is 166 g/mol. The monoisotopic (exact) mass is 185 g/mol. The van der Waals surface area contributed by atoms with Crippen molar-refractivity contribution in [1.29, 1.82) is 0 Å². The molecule has 0 aromatic carbocycles. The van der Waals surface area contributed by atoms with Crippen molar-refractivity contribution in [3.05, 3.63) is 0 Å². The van der Waals surface area contributed by atoms with Crippen LogP contribution in [0.15, 0.2) is 4.99 Å². The van der Waals surface area contributed by atoms with E-state index in [1.54, 1.807) is 0 Å². The Morgan fingerprint density at radius 2 is 1.77 bits per heavy atom. The molecular formula is C9H19N3O. The summed E-state index contributed by atoms with van der Waals surface area (Å²) >= 11 is 0. The first-order chi connectivity index (χ1) is 5.91. The second kappa shape index (κ2) is 5.56. The van der Waals surface area contributed by atoms with Crippen molar-refractivity contribution in [1.82, 2.24) is 10.6 Å². The lowest BCUT2D eigenvalue weighted by Gasteiger charge is -2.13. The van der Waals surface area contributed by atoms with Crippen LogP contribution in [-0.4, -0.2) is 24.0 Å². The Kier molecular flexibility index (Phi) is 5.11. The Morgan fingerprint density at radius 3 is 2.08 bits per heavy atom. The summed E-state index contributed by atoms with van der Waals surface area (Å²) in [6.07, 6.45) is 0. The van der Waals surface area contributed by atoms with Gasteiger partial charge in [0.15, 0.2) is 5.96 Å². The van der Waals surface area contributed by atoms with Gasteiger partial charge >= 0.3 is 0 Å². The maximum absolute atomic E-state index is 10.8. The topological polar surface area (TPSA) is 53.5 Å².